The molecule has 17 heavy (non-hydrogen) atoms. The summed E-state index contributed by atoms with van der Waals surface area (Å²) in [6.07, 6.45) is 1.64. The van der Waals surface area contributed by atoms with Crippen LogP contribution >= 0.6 is 0 Å². The number of aliphatic carboxylic acids is 1. The molecule has 0 aliphatic rings. The first-order valence-corrected chi connectivity index (χ1v) is 5.00. The van der Waals surface area contributed by atoms with E-state index in [4.69, 9.17) is 5.11 Å². The zero-order valence-corrected chi connectivity index (χ0v) is 10.6. The van der Waals surface area contributed by atoms with E-state index in [1.807, 2.05) is 54.6 Å². The van der Waals surface area contributed by atoms with Crippen LogP contribution in [0.25, 0.3) is 6.08 Å². The molecule has 0 aromatic heterocycles. The predicted octanol–water partition coefficient (Wildman–Crippen LogP) is 3.30. The minimum absolute atomic E-state index is 0. The SMILES string of the molecule is CC(=C[c-]1cccc1)C(=O)O.[Fe].[cH-]1[cH-][cH-][cH-][cH-]1. The maximum Gasteiger partial charge on any atom is 0.289 e. The molecular formula is C14H14FeO2-6. The van der Waals surface area contributed by atoms with Crippen molar-refractivity contribution in [3.63, 3.8) is 0 Å². The van der Waals surface area contributed by atoms with Gasteiger partial charge in [0.2, 0.25) is 0 Å². The number of rotatable bonds is 2. The van der Waals surface area contributed by atoms with Crippen LogP contribution in [-0.4, -0.2) is 11.1 Å². The fraction of sp³-hybridized carbons (Fsp3) is 0.0714. The summed E-state index contributed by atoms with van der Waals surface area (Å²) in [4.78, 5) is 10.4. The van der Waals surface area contributed by atoms with Crippen molar-refractivity contribution in [2.24, 2.45) is 0 Å². The molecule has 0 radical (unpaired) electrons. The summed E-state index contributed by atoms with van der Waals surface area (Å²) in [5.74, 6) is -0.869. The van der Waals surface area contributed by atoms with Crippen LogP contribution < -0.4 is 0 Å². The van der Waals surface area contributed by atoms with Crippen LogP contribution in [-0.2, 0) is 21.9 Å². The van der Waals surface area contributed by atoms with Crippen molar-refractivity contribution >= 4 is 12.0 Å². The summed E-state index contributed by atoms with van der Waals surface area (Å²) in [6.45, 7) is 1.58. The Hall–Kier alpha value is -1.57. The van der Waals surface area contributed by atoms with Crippen LogP contribution in [0.5, 0.6) is 0 Å². The average molecular weight is 270 g/mol. The minimum atomic E-state index is -0.869. The molecule has 0 aliphatic heterocycles. The predicted molar refractivity (Wildman–Crippen MR) is 65.4 cm³/mol. The number of hydrogen-bond acceptors (Lipinski definition) is 1. The van der Waals surface area contributed by atoms with Crippen LogP contribution in [0, 0.1) is 0 Å². The largest absolute Gasteiger partial charge is 0.748 e. The molecule has 0 spiro atoms. The third-order valence-corrected chi connectivity index (χ3v) is 1.96. The number of carboxylic acid groups (broad SMARTS) is 1. The van der Waals surface area contributed by atoms with Crippen LogP contribution in [0.1, 0.15) is 12.5 Å². The van der Waals surface area contributed by atoms with Crippen molar-refractivity contribution in [2.75, 3.05) is 0 Å². The second-order valence-electron chi connectivity index (χ2n) is 3.31. The van der Waals surface area contributed by atoms with Gasteiger partial charge in [-0.15, -0.1) is 23.8 Å². The second kappa shape index (κ2) is 8.57. The average Bonchev–Trinajstić information content (AvgIpc) is 2.92. The summed E-state index contributed by atoms with van der Waals surface area (Å²) in [5.41, 5.74) is 1.29. The molecule has 0 saturated heterocycles. The molecule has 0 atom stereocenters. The first kappa shape index (κ1) is 15.4. The first-order chi connectivity index (χ1) is 7.70. The molecule has 2 rings (SSSR count). The maximum absolute atomic E-state index is 10.4. The third kappa shape index (κ3) is 6.56. The van der Waals surface area contributed by atoms with Crippen molar-refractivity contribution in [2.45, 2.75) is 6.92 Å². The van der Waals surface area contributed by atoms with Crippen LogP contribution in [0.2, 0.25) is 0 Å². The van der Waals surface area contributed by atoms with Gasteiger partial charge in [-0.25, -0.2) is 0 Å². The molecular weight excluding hydrogens is 256 g/mol. The fourth-order valence-electron chi connectivity index (χ4n) is 1.12. The zero-order chi connectivity index (χ0) is 11.8. The quantitative estimate of drug-likeness (QED) is 0.516. The Labute approximate surface area is 112 Å². The smallest absolute Gasteiger partial charge is 0.289 e. The van der Waals surface area contributed by atoms with E-state index in [-0.39, 0.29) is 17.1 Å². The number of carboxylic acids is 1. The molecule has 1 N–H and O–H groups in total. The van der Waals surface area contributed by atoms with Gasteiger partial charge in [-0.1, -0.05) is 6.92 Å². The normalized spacial score (nSPS) is 9.82. The third-order valence-electron chi connectivity index (χ3n) is 1.96. The summed E-state index contributed by atoms with van der Waals surface area (Å²) in [7, 11) is 0. The molecule has 0 bridgehead atoms. The van der Waals surface area contributed by atoms with Gasteiger partial charge in [0.05, 0.1) is 0 Å². The van der Waals surface area contributed by atoms with Gasteiger partial charge in [0, 0.05) is 17.1 Å². The van der Waals surface area contributed by atoms with Gasteiger partial charge < -0.3 is 35.4 Å². The monoisotopic (exact) mass is 270 g/mol. The topological polar surface area (TPSA) is 37.3 Å². The molecule has 0 amide bonds. The molecule has 0 aliphatic carbocycles. The molecule has 0 heterocycles. The number of hydrogen-bond donors (Lipinski definition) is 1. The van der Waals surface area contributed by atoms with Gasteiger partial charge >= 0.3 is 0 Å². The first-order valence-electron chi connectivity index (χ1n) is 5.00. The molecule has 2 aromatic carbocycles. The van der Waals surface area contributed by atoms with Gasteiger partial charge in [0.1, 0.15) is 0 Å². The van der Waals surface area contributed by atoms with E-state index in [9.17, 15) is 4.79 Å². The Balaban J connectivity index is 0.000000360. The molecule has 0 saturated carbocycles. The second-order valence-corrected chi connectivity index (χ2v) is 3.31. The Morgan fingerprint density at radius 3 is 1.88 bits per heavy atom. The fourth-order valence-corrected chi connectivity index (χ4v) is 1.12. The molecule has 2 nitrogen and oxygen atoms in total. The van der Waals surface area contributed by atoms with Crippen LogP contribution in [0.15, 0.2) is 60.2 Å². The van der Waals surface area contributed by atoms with E-state index in [2.05, 4.69) is 0 Å². The zero-order valence-electron chi connectivity index (χ0n) is 9.48. The minimum Gasteiger partial charge on any atom is -0.748 e. The summed E-state index contributed by atoms with van der Waals surface area (Å²) in [5, 5.41) is 8.51. The Kier molecular flexibility index (Phi) is 7.78. The van der Waals surface area contributed by atoms with E-state index in [1.54, 1.807) is 13.0 Å². The van der Waals surface area contributed by atoms with Crippen molar-refractivity contribution in [1.29, 1.82) is 0 Å². The molecule has 0 unspecified atom stereocenters. The summed E-state index contributed by atoms with van der Waals surface area (Å²) < 4.78 is 0. The summed E-state index contributed by atoms with van der Waals surface area (Å²) >= 11 is 0. The van der Waals surface area contributed by atoms with Crippen molar-refractivity contribution in [3.8, 4) is 0 Å². The van der Waals surface area contributed by atoms with Gasteiger partial charge in [0.25, 0.3) is 5.97 Å². The maximum atomic E-state index is 10.4. The molecule has 3 heteroatoms. The van der Waals surface area contributed by atoms with E-state index in [0.29, 0.717) is 5.57 Å². The Morgan fingerprint density at radius 1 is 1.12 bits per heavy atom. The van der Waals surface area contributed by atoms with Crippen LogP contribution in [0.3, 0.4) is 0 Å². The van der Waals surface area contributed by atoms with Crippen molar-refractivity contribution in [1.82, 2.24) is 0 Å². The van der Waals surface area contributed by atoms with E-state index >= 15 is 0 Å². The summed E-state index contributed by atoms with van der Waals surface area (Å²) in [6, 6.07) is 17.5. The van der Waals surface area contributed by atoms with E-state index in [1.165, 1.54) is 0 Å². The van der Waals surface area contributed by atoms with Crippen molar-refractivity contribution < 1.29 is 27.0 Å². The van der Waals surface area contributed by atoms with Crippen molar-refractivity contribution in [3.05, 3.63) is 65.7 Å². The van der Waals surface area contributed by atoms with Gasteiger partial charge in [0.15, 0.2) is 0 Å². The molecule has 2 aromatic rings. The van der Waals surface area contributed by atoms with E-state index in [0.717, 1.165) is 5.56 Å². The number of carbonyl (C=O) groups is 1. The Bertz CT molecular complexity index is 408. The molecule has 0 fully saturated rings. The van der Waals surface area contributed by atoms with Gasteiger partial charge in [-0.2, -0.15) is 12.1 Å². The van der Waals surface area contributed by atoms with Gasteiger partial charge in [-0.3, -0.25) is 4.79 Å². The van der Waals surface area contributed by atoms with Crippen LogP contribution in [0.4, 0.5) is 0 Å². The van der Waals surface area contributed by atoms with Gasteiger partial charge in [-0.05, 0) is 5.57 Å². The molecule has 96 valence electrons. The Morgan fingerprint density at radius 2 is 1.53 bits per heavy atom. The van der Waals surface area contributed by atoms with E-state index < -0.39 is 5.97 Å². The standard InChI is InChI=1S/C9H9O2.C5H5.Fe/c1-7(9(10)11)6-8-4-2-3-5-8;1-2-4-5-3-1;/h2-6H,1H3,(H,10,11);1-5H;/q-1;-5;.